The van der Waals surface area contributed by atoms with Crippen LogP contribution in [-0.2, 0) is 6.61 Å². The van der Waals surface area contributed by atoms with Gasteiger partial charge in [0, 0.05) is 22.5 Å². The van der Waals surface area contributed by atoms with Gasteiger partial charge >= 0.3 is 6.03 Å². The van der Waals surface area contributed by atoms with Crippen molar-refractivity contribution in [1.82, 2.24) is 20.9 Å². The van der Waals surface area contributed by atoms with Crippen LogP contribution in [0.5, 0.6) is 5.75 Å². The van der Waals surface area contributed by atoms with Gasteiger partial charge in [0.15, 0.2) is 0 Å². The topological polar surface area (TPSA) is 92.4 Å². The van der Waals surface area contributed by atoms with E-state index in [1.165, 1.54) is 30.6 Å². The Labute approximate surface area is 203 Å². The molecule has 0 unspecified atom stereocenters. The normalized spacial score (nSPS) is 21.2. The number of ether oxygens (including phenoxy) is 1. The number of aromatic nitrogens is 1. The van der Waals surface area contributed by atoms with E-state index >= 15 is 0 Å². The monoisotopic (exact) mass is 490 g/mol. The number of carbonyl (C=O) groups excluding carboxylic acids is 2. The minimum absolute atomic E-state index is 0.0716. The molecule has 0 saturated heterocycles. The number of nitrogens with one attached hydrogen (secondary N) is 3. The number of hydrogen-bond donors (Lipinski definition) is 3. The van der Waals surface area contributed by atoms with Crippen molar-refractivity contribution in [3.05, 3.63) is 45.4 Å². The molecule has 2 fully saturated rings. The first-order valence-electron chi connectivity index (χ1n) is 11.8. The molecular weight excluding hydrogens is 460 g/mol. The number of thiazole rings is 1. The van der Waals surface area contributed by atoms with Crippen LogP contribution in [-0.4, -0.2) is 35.0 Å². The number of nitrogens with zero attached hydrogens (tertiary/aromatic N) is 1. The number of rotatable bonds is 7. The van der Waals surface area contributed by atoms with Crippen molar-refractivity contribution in [3.8, 4) is 5.75 Å². The summed E-state index contributed by atoms with van der Waals surface area (Å²) >= 11 is 7.28. The molecule has 2 aliphatic rings. The second-order valence-corrected chi connectivity index (χ2v) is 10.2. The average molecular weight is 491 g/mol. The standard InChI is InChI=1S/C24H31ClN4O3S/c25-16-10-12-18(13-11-16)32-14-22-27-21(15-33-22)23(30)28-19-8-4-5-9-20(19)29-24(31)26-17-6-2-1-3-7-17/h10-13,15,17,19-20H,1-9,14H2,(H,28,30)(H2,26,29,31)/t19-,20-/m1/s1. The van der Waals surface area contributed by atoms with Crippen LogP contribution in [0.3, 0.4) is 0 Å². The zero-order valence-electron chi connectivity index (χ0n) is 18.6. The van der Waals surface area contributed by atoms with Gasteiger partial charge in [-0.15, -0.1) is 11.3 Å². The van der Waals surface area contributed by atoms with E-state index in [1.807, 2.05) is 0 Å². The van der Waals surface area contributed by atoms with Crippen LogP contribution in [0.4, 0.5) is 4.79 Å². The summed E-state index contributed by atoms with van der Waals surface area (Å²) in [6.45, 7) is 0.286. The van der Waals surface area contributed by atoms with Crippen molar-refractivity contribution < 1.29 is 14.3 Å². The van der Waals surface area contributed by atoms with Crippen LogP contribution in [0.1, 0.15) is 73.3 Å². The Morgan fingerprint density at radius 2 is 1.61 bits per heavy atom. The smallest absolute Gasteiger partial charge is 0.315 e. The average Bonchev–Trinajstić information content (AvgIpc) is 3.30. The molecule has 0 aliphatic heterocycles. The van der Waals surface area contributed by atoms with Crippen molar-refractivity contribution in [2.24, 2.45) is 0 Å². The SMILES string of the molecule is O=C(NC1CCCCC1)N[C@@H]1CCCC[C@H]1NC(=O)c1csc(COc2ccc(Cl)cc2)n1. The lowest BCUT2D eigenvalue weighted by molar-refractivity contribution is 0.0911. The second-order valence-electron chi connectivity index (χ2n) is 8.79. The minimum Gasteiger partial charge on any atom is -0.486 e. The summed E-state index contributed by atoms with van der Waals surface area (Å²) in [6, 6.07) is 7.09. The third-order valence-electron chi connectivity index (χ3n) is 6.30. The van der Waals surface area contributed by atoms with Crippen LogP contribution in [0.2, 0.25) is 5.02 Å². The third-order valence-corrected chi connectivity index (χ3v) is 7.37. The van der Waals surface area contributed by atoms with Gasteiger partial charge in [-0.25, -0.2) is 9.78 Å². The number of benzene rings is 1. The Hall–Kier alpha value is -2.32. The summed E-state index contributed by atoms with van der Waals surface area (Å²) < 4.78 is 5.72. The highest BCUT2D eigenvalue weighted by Crippen LogP contribution is 2.21. The molecular formula is C24H31ClN4O3S. The molecule has 7 nitrogen and oxygen atoms in total. The molecule has 2 saturated carbocycles. The zero-order valence-corrected chi connectivity index (χ0v) is 20.2. The van der Waals surface area contributed by atoms with E-state index in [-0.39, 0.29) is 36.7 Å². The van der Waals surface area contributed by atoms with Crippen molar-refractivity contribution in [1.29, 1.82) is 0 Å². The fraction of sp³-hybridized carbons (Fsp3) is 0.542. The molecule has 1 aromatic carbocycles. The number of carbonyl (C=O) groups is 2. The lowest BCUT2D eigenvalue weighted by Gasteiger charge is -2.33. The second kappa shape index (κ2) is 11.7. The Balaban J connectivity index is 1.27. The highest BCUT2D eigenvalue weighted by Gasteiger charge is 2.29. The van der Waals surface area contributed by atoms with E-state index in [0.29, 0.717) is 16.5 Å². The maximum atomic E-state index is 12.8. The third kappa shape index (κ3) is 7.08. The van der Waals surface area contributed by atoms with Gasteiger partial charge in [-0.2, -0.15) is 0 Å². The molecule has 1 heterocycles. The molecule has 4 rings (SSSR count). The molecule has 3 N–H and O–H groups in total. The maximum Gasteiger partial charge on any atom is 0.315 e. The summed E-state index contributed by atoms with van der Waals surface area (Å²) in [5.74, 6) is 0.485. The first-order chi connectivity index (χ1) is 16.1. The van der Waals surface area contributed by atoms with Gasteiger partial charge in [-0.3, -0.25) is 4.79 Å². The van der Waals surface area contributed by atoms with Crippen LogP contribution in [0, 0.1) is 0 Å². The van der Waals surface area contributed by atoms with Crippen LogP contribution in [0.15, 0.2) is 29.6 Å². The van der Waals surface area contributed by atoms with E-state index in [1.54, 1.807) is 29.6 Å². The first-order valence-corrected chi connectivity index (χ1v) is 13.0. The summed E-state index contributed by atoms with van der Waals surface area (Å²) in [5.41, 5.74) is 0.380. The fourth-order valence-corrected chi connectivity index (χ4v) is 5.33. The molecule has 1 aromatic heterocycles. The van der Waals surface area contributed by atoms with E-state index in [9.17, 15) is 9.59 Å². The molecule has 178 valence electrons. The molecule has 0 spiro atoms. The molecule has 33 heavy (non-hydrogen) atoms. The van der Waals surface area contributed by atoms with E-state index in [4.69, 9.17) is 16.3 Å². The molecule has 2 aromatic rings. The summed E-state index contributed by atoms with van der Waals surface area (Å²) in [5, 5.41) is 12.4. The van der Waals surface area contributed by atoms with Gasteiger partial charge < -0.3 is 20.7 Å². The van der Waals surface area contributed by atoms with Gasteiger partial charge in [0.2, 0.25) is 0 Å². The van der Waals surface area contributed by atoms with Gasteiger partial charge in [-0.1, -0.05) is 43.7 Å². The van der Waals surface area contributed by atoms with Gasteiger partial charge in [0.1, 0.15) is 23.1 Å². The fourth-order valence-electron chi connectivity index (χ4n) is 4.52. The van der Waals surface area contributed by atoms with Crippen LogP contribution in [0.25, 0.3) is 0 Å². The minimum atomic E-state index is -0.213. The zero-order chi connectivity index (χ0) is 23.0. The molecule has 2 atom stereocenters. The predicted octanol–water partition coefficient (Wildman–Crippen LogP) is 5.05. The highest BCUT2D eigenvalue weighted by atomic mass is 35.5. The quantitative estimate of drug-likeness (QED) is 0.506. The molecule has 0 radical (unpaired) electrons. The van der Waals surface area contributed by atoms with Gasteiger partial charge in [-0.05, 0) is 49.9 Å². The number of amides is 3. The number of hydrogen-bond acceptors (Lipinski definition) is 5. The Bertz CT molecular complexity index is 930. The summed E-state index contributed by atoms with van der Waals surface area (Å²) in [4.78, 5) is 29.8. The lowest BCUT2D eigenvalue weighted by atomic mass is 9.90. The summed E-state index contributed by atoms with van der Waals surface area (Å²) in [7, 11) is 0. The van der Waals surface area contributed by atoms with Crippen LogP contribution >= 0.6 is 22.9 Å². The molecule has 0 bridgehead atoms. The first kappa shape index (κ1) is 23.8. The van der Waals surface area contributed by atoms with Crippen molar-refractivity contribution >= 4 is 34.9 Å². The van der Waals surface area contributed by atoms with Crippen molar-refractivity contribution in [2.45, 2.75) is 82.5 Å². The molecule has 2 aliphatic carbocycles. The summed E-state index contributed by atoms with van der Waals surface area (Å²) in [6.07, 6.45) is 9.48. The van der Waals surface area contributed by atoms with E-state index in [0.717, 1.165) is 43.5 Å². The van der Waals surface area contributed by atoms with Crippen molar-refractivity contribution in [2.75, 3.05) is 0 Å². The van der Waals surface area contributed by atoms with E-state index < -0.39 is 0 Å². The lowest BCUT2D eigenvalue weighted by Crippen LogP contribution is -2.56. The van der Waals surface area contributed by atoms with Gasteiger partial charge in [0.25, 0.3) is 5.91 Å². The maximum absolute atomic E-state index is 12.8. The van der Waals surface area contributed by atoms with Crippen LogP contribution < -0.4 is 20.7 Å². The Kier molecular flexibility index (Phi) is 8.45. The highest BCUT2D eigenvalue weighted by molar-refractivity contribution is 7.09. The molecule has 9 heteroatoms. The van der Waals surface area contributed by atoms with Gasteiger partial charge in [0.05, 0.1) is 6.04 Å². The van der Waals surface area contributed by atoms with E-state index in [2.05, 4.69) is 20.9 Å². The Morgan fingerprint density at radius 1 is 0.939 bits per heavy atom. The molecule has 3 amide bonds. The predicted molar refractivity (Wildman–Crippen MR) is 130 cm³/mol. The number of urea groups is 1. The number of halogens is 1. The Morgan fingerprint density at radius 3 is 2.33 bits per heavy atom. The van der Waals surface area contributed by atoms with Crippen molar-refractivity contribution in [3.63, 3.8) is 0 Å². The largest absolute Gasteiger partial charge is 0.486 e.